The van der Waals surface area contributed by atoms with Gasteiger partial charge in [0.1, 0.15) is 24.2 Å². The van der Waals surface area contributed by atoms with Crippen LogP contribution >= 0.6 is 0 Å². The molecule has 0 aliphatic carbocycles. The lowest BCUT2D eigenvalue weighted by molar-refractivity contribution is -0.145. The molecule has 8 rings (SSSR count). The van der Waals surface area contributed by atoms with Crippen LogP contribution < -0.4 is 10.6 Å². The van der Waals surface area contributed by atoms with Gasteiger partial charge in [0.15, 0.2) is 0 Å². The number of hydrogen-bond donors (Lipinski definition) is 4. The lowest BCUT2D eigenvalue weighted by atomic mass is 9.97. The van der Waals surface area contributed by atoms with Gasteiger partial charge in [-0.2, -0.15) is 8.61 Å². The summed E-state index contributed by atoms with van der Waals surface area (Å²) in [6.45, 7) is 4.10. The number of amides is 2. The van der Waals surface area contributed by atoms with Gasteiger partial charge in [0.2, 0.25) is 31.9 Å². The van der Waals surface area contributed by atoms with Gasteiger partial charge in [-0.15, -0.1) is 0 Å². The Labute approximate surface area is 453 Å². The Morgan fingerprint density at radius 1 is 0.538 bits per heavy atom. The van der Waals surface area contributed by atoms with Crippen LogP contribution in [0, 0.1) is 13.8 Å². The number of esters is 2. The maximum Gasteiger partial charge on any atom is 0.338 e. The number of rotatable bonds is 18. The monoisotopic (exact) mass is 1100 g/mol. The Morgan fingerprint density at radius 2 is 0.936 bits per heavy atom. The van der Waals surface area contributed by atoms with E-state index < -0.39 is 79.9 Å². The number of hydrogen-bond acceptors (Lipinski definition) is 12. The molecule has 2 heterocycles. The molecule has 18 nitrogen and oxygen atoms in total. The summed E-state index contributed by atoms with van der Waals surface area (Å²) in [7, 11) is -5.25. The van der Waals surface area contributed by atoms with Crippen LogP contribution in [-0.2, 0) is 61.5 Å². The molecule has 2 saturated heterocycles. The Bertz CT molecular complexity index is 3390. The molecule has 2 aliphatic heterocycles. The average molecular weight is 1100 g/mol. The van der Waals surface area contributed by atoms with Gasteiger partial charge in [-0.25, -0.2) is 36.0 Å². The third-order valence-electron chi connectivity index (χ3n) is 13.6. The number of ether oxygens (including phenoxy) is 2. The first-order valence-corrected chi connectivity index (χ1v) is 27.9. The van der Waals surface area contributed by atoms with Gasteiger partial charge >= 0.3 is 23.9 Å². The van der Waals surface area contributed by atoms with Crippen molar-refractivity contribution in [1.29, 1.82) is 0 Å². The molecule has 4 atom stereocenters. The normalized spacial score (nSPS) is 16.4. The second-order valence-electron chi connectivity index (χ2n) is 18.8. The minimum absolute atomic E-state index is 0.0284. The molecule has 0 unspecified atom stereocenters. The number of aromatic carboxylic acids is 1. The van der Waals surface area contributed by atoms with Crippen molar-refractivity contribution >= 4 is 55.7 Å². The molecular weight excluding hydrogens is 1040 g/mol. The number of carboxylic acid groups (broad SMARTS) is 2. The zero-order valence-corrected chi connectivity index (χ0v) is 45.0. The second kappa shape index (κ2) is 25.4. The maximum absolute atomic E-state index is 13.3. The van der Waals surface area contributed by atoms with E-state index in [9.17, 15) is 55.8 Å². The fourth-order valence-corrected chi connectivity index (χ4v) is 12.7. The molecule has 0 spiro atoms. The first-order chi connectivity index (χ1) is 37.2. The molecule has 6 aromatic rings. The van der Waals surface area contributed by atoms with Crippen molar-refractivity contribution in [2.75, 3.05) is 27.3 Å². The first-order valence-electron chi connectivity index (χ1n) is 25.0. The number of aryl methyl sites for hydroxylation is 2. The number of methoxy groups -OCH3 is 2. The summed E-state index contributed by atoms with van der Waals surface area (Å²) in [5, 5.41) is 24.4. The predicted molar refractivity (Wildman–Crippen MR) is 289 cm³/mol. The topological polar surface area (TPSA) is 260 Å². The van der Waals surface area contributed by atoms with Crippen molar-refractivity contribution in [3.05, 3.63) is 179 Å². The van der Waals surface area contributed by atoms with Crippen molar-refractivity contribution in [2.45, 2.75) is 86.3 Å². The molecule has 6 aromatic carbocycles. The number of sulfonamides is 2. The number of carbonyl (C=O) groups excluding carboxylic acids is 4. The van der Waals surface area contributed by atoms with Crippen molar-refractivity contribution in [2.24, 2.45) is 0 Å². The van der Waals surface area contributed by atoms with E-state index in [1.54, 1.807) is 91.0 Å². The van der Waals surface area contributed by atoms with Crippen molar-refractivity contribution < 1.29 is 65.3 Å². The highest BCUT2D eigenvalue weighted by molar-refractivity contribution is 7.89. The predicted octanol–water partition coefficient (Wildman–Crippen LogP) is 6.83. The molecule has 20 heteroatoms. The number of benzene rings is 6. The van der Waals surface area contributed by atoms with E-state index in [1.165, 1.54) is 48.9 Å². The summed E-state index contributed by atoms with van der Waals surface area (Å²) >= 11 is 0. The van der Waals surface area contributed by atoms with Crippen LogP contribution in [0.25, 0.3) is 22.3 Å². The molecule has 2 amide bonds. The lowest BCUT2D eigenvalue weighted by Gasteiger charge is -2.25. The van der Waals surface area contributed by atoms with Crippen molar-refractivity contribution in [3.63, 3.8) is 0 Å². The first kappa shape index (κ1) is 57.7. The Balaban J connectivity index is 0.000000226. The molecule has 2 aliphatic rings. The summed E-state index contributed by atoms with van der Waals surface area (Å²) < 4.78 is 65.1. The molecular formula is C58H60N4O14S2. The highest BCUT2D eigenvalue weighted by Crippen LogP contribution is 2.30. The minimum Gasteiger partial charge on any atom is -0.480 e. The van der Waals surface area contributed by atoms with Crippen LogP contribution in [0.3, 0.4) is 0 Å². The SMILES string of the molecule is COC(=O)c1ccccc1-c1ccc(C[C@H](NC(=O)[C@@H]2CCCN2S(=O)(=O)c2ccc(C)cc2)C(=O)OC)cc1.Cc1ccc(S(=O)(=O)N2CCC[C@H]2C(=O)N[C@@H](Cc2ccc(-c3ccccc3C(=O)O)cc2)C(=O)O)cc1. The lowest BCUT2D eigenvalue weighted by Crippen LogP contribution is -2.51. The second-order valence-corrected chi connectivity index (χ2v) is 22.6. The summed E-state index contributed by atoms with van der Waals surface area (Å²) in [5.74, 6) is -4.59. The quantitative estimate of drug-likeness (QED) is 0.0644. The van der Waals surface area contributed by atoms with Crippen LogP contribution in [0.4, 0.5) is 0 Å². The summed E-state index contributed by atoms with van der Waals surface area (Å²) in [5.41, 5.74) is 6.45. The van der Waals surface area contributed by atoms with Crippen LogP contribution in [0.15, 0.2) is 155 Å². The van der Waals surface area contributed by atoms with Gasteiger partial charge in [0.05, 0.1) is 35.1 Å². The van der Waals surface area contributed by atoms with E-state index in [0.29, 0.717) is 53.5 Å². The van der Waals surface area contributed by atoms with Gasteiger partial charge in [-0.3, -0.25) is 9.59 Å². The summed E-state index contributed by atoms with van der Waals surface area (Å²) in [6.07, 6.45) is 1.76. The molecule has 0 aromatic heterocycles. The molecule has 0 saturated carbocycles. The van der Waals surface area contributed by atoms with Crippen molar-refractivity contribution in [3.8, 4) is 22.3 Å². The third-order valence-corrected chi connectivity index (χ3v) is 17.4. The van der Waals surface area contributed by atoms with E-state index in [4.69, 9.17) is 9.47 Å². The number of nitrogens with zero attached hydrogens (tertiary/aromatic N) is 2. The highest BCUT2D eigenvalue weighted by Gasteiger charge is 2.42. The van der Waals surface area contributed by atoms with Crippen molar-refractivity contribution in [1.82, 2.24) is 19.2 Å². The molecule has 0 radical (unpaired) electrons. The highest BCUT2D eigenvalue weighted by atomic mass is 32.2. The number of aliphatic carboxylic acids is 1. The van der Waals surface area contributed by atoms with E-state index in [-0.39, 0.29) is 41.3 Å². The Hall–Kier alpha value is -8.04. The fraction of sp³-hybridized carbons (Fsp3) is 0.276. The third kappa shape index (κ3) is 13.5. The molecule has 2 fully saturated rings. The summed E-state index contributed by atoms with van der Waals surface area (Å²) in [4.78, 5) is 74.9. The van der Waals surface area contributed by atoms with Gasteiger partial charge in [-0.1, -0.05) is 120 Å². The van der Waals surface area contributed by atoms with E-state index >= 15 is 0 Å². The van der Waals surface area contributed by atoms with Crippen LogP contribution in [0.1, 0.15) is 68.7 Å². The van der Waals surface area contributed by atoms with E-state index in [1.807, 2.05) is 38.1 Å². The van der Waals surface area contributed by atoms with Crippen LogP contribution in [0.2, 0.25) is 0 Å². The molecule has 408 valence electrons. The standard InChI is InChI=1S/C30H32N2O7S.C28H28N2O7S/c1-20-10-16-23(17-11-20)40(36,37)32-18-6-9-27(32)28(33)31-26(30(35)39-3)19-21-12-14-22(15-13-21)24-7-4-5-8-25(24)29(34)38-2;1-18-8-14-21(15-9-18)38(36,37)30-16-4-7-25(30)26(31)29-24(28(34)35)17-19-10-12-20(13-11-19)22-5-2-3-6-23(22)27(32)33/h4-5,7-8,10-17,26-27H,6,9,18-19H2,1-3H3,(H,31,33);2-3,5-6,8-15,24-25H,4,7,16-17H2,1H3,(H,29,31)(H,32,33)(H,34,35)/t26-,27-;24-,25-/m00/s1. The number of carboxylic acids is 2. The van der Waals surface area contributed by atoms with Crippen LogP contribution in [0.5, 0.6) is 0 Å². The fourth-order valence-electron chi connectivity index (χ4n) is 9.40. The van der Waals surface area contributed by atoms with Gasteiger partial charge in [0.25, 0.3) is 0 Å². The zero-order chi connectivity index (χ0) is 56.3. The largest absolute Gasteiger partial charge is 0.480 e. The Morgan fingerprint density at radius 3 is 1.35 bits per heavy atom. The number of nitrogens with one attached hydrogen (secondary N) is 2. The van der Waals surface area contributed by atoms with Gasteiger partial charge in [0, 0.05) is 25.9 Å². The van der Waals surface area contributed by atoms with E-state index in [0.717, 1.165) is 26.6 Å². The summed E-state index contributed by atoms with van der Waals surface area (Å²) in [6, 6.07) is 36.3. The average Bonchev–Trinajstić information content (AvgIpc) is 4.23. The number of carbonyl (C=O) groups is 6. The Kier molecular flexibility index (Phi) is 18.8. The minimum atomic E-state index is -3.92. The molecule has 0 bridgehead atoms. The van der Waals surface area contributed by atoms with E-state index in [2.05, 4.69) is 10.6 Å². The molecule has 78 heavy (non-hydrogen) atoms. The molecule has 4 N–H and O–H groups in total. The smallest absolute Gasteiger partial charge is 0.338 e. The van der Waals surface area contributed by atoms with Gasteiger partial charge in [-0.05, 0) is 109 Å². The van der Waals surface area contributed by atoms with Crippen LogP contribution in [-0.4, -0.2) is 123 Å². The zero-order valence-electron chi connectivity index (χ0n) is 43.3. The van der Waals surface area contributed by atoms with Gasteiger partial charge < -0.3 is 30.3 Å². The maximum atomic E-state index is 13.3.